The third-order valence-electron chi connectivity index (χ3n) is 2.97. The van der Waals surface area contributed by atoms with Crippen LogP contribution >= 0.6 is 11.6 Å². The van der Waals surface area contributed by atoms with E-state index in [9.17, 15) is 4.79 Å². The zero-order valence-electron chi connectivity index (χ0n) is 10.4. The molecule has 0 aromatic carbocycles. The molecule has 0 aliphatic rings. The first-order valence-corrected chi connectivity index (χ1v) is 6.03. The summed E-state index contributed by atoms with van der Waals surface area (Å²) in [7, 11) is 1.76. The summed E-state index contributed by atoms with van der Waals surface area (Å²) in [5.41, 5.74) is 1.86. The molecule has 19 heavy (non-hydrogen) atoms. The minimum Gasteiger partial charge on any atom is -0.259 e. The molecule has 98 valence electrons. The van der Waals surface area contributed by atoms with Gasteiger partial charge in [0, 0.05) is 25.0 Å². The lowest BCUT2D eigenvalue weighted by atomic mass is 10.3. The lowest BCUT2D eigenvalue weighted by molar-refractivity contribution is 0.656. The van der Waals surface area contributed by atoms with Crippen molar-refractivity contribution in [3.63, 3.8) is 0 Å². The van der Waals surface area contributed by atoms with E-state index in [-0.39, 0.29) is 5.69 Å². The summed E-state index contributed by atoms with van der Waals surface area (Å²) in [5.74, 6) is 0. The lowest BCUT2D eigenvalue weighted by Gasteiger charge is -1.99. The Kier molecular flexibility index (Phi) is 2.63. The van der Waals surface area contributed by atoms with Gasteiger partial charge in [-0.05, 0) is 6.92 Å². The average Bonchev–Trinajstić information content (AvgIpc) is 2.83. The Labute approximate surface area is 113 Å². The maximum atomic E-state index is 12.1. The van der Waals surface area contributed by atoms with Crippen LogP contribution in [0, 0.1) is 6.92 Å². The molecular formula is C11H11ClN6O. The second-order valence-electron chi connectivity index (χ2n) is 4.22. The highest BCUT2D eigenvalue weighted by atomic mass is 35.5. The number of aromatic nitrogens is 6. The van der Waals surface area contributed by atoms with E-state index in [0.29, 0.717) is 17.3 Å². The van der Waals surface area contributed by atoms with Gasteiger partial charge in [-0.3, -0.25) is 9.67 Å². The largest absolute Gasteiger partial charge is 0.350 e. The number of fused-ring (bicyclic) bond motifs is 1. The van der Waals surface area contributed by atoms with Crippen molar-refractivity contribution in [1.29, 1.82) is 0 Å². The van der Waals surface area contributed by atoms with Crippen molar-refractivity contribution < 1.29 is 0 Å². The lowest BCUT2D eigenvalue weighted by Crippen LogP contribution is -2.21. The standard InChI is InChI=1S/C11H11ClN6O/c1-7-8(10(12)16(2)14-7)6-18-11(19)17-4-3-13-5-9(17)15-18/h3-5H,6H2,1-2H3. The molecule has 3 aromatic rings. The van der Waals surface area contributed by atoms with Crippen LogP contribution in [-0.2, 0) is 13.6 Å². The fraction of sp³-hybridized carbons (Fsp3) is 0.273. The van der Waals surface area contributed by atoms with Crippen molar-refractivity contribution in [2.75, 3.05) is 0 Å². The summed E-state index contributed by atoms with van der Waals surface area (Å²) in [4.78, 5) is 16.1. The van der Waals surface area contributed by atoms with Crippen LogP contribution in [0.3, 0.4) is 0 Å². The first-order chi connectivity index (χ1) is 9.08. The number of nitrogens with zero attached hydrogens (tertiary/aromatic N) is 6. The highest BCUT2D eigenvalue weighted by Gasteiger charge is 2.14. The number of halogens is 1. The normalized spacial score (nSPS) is 11.3. The van der Waals surface area contributed by atoms with Gasteiger partial charge in [-0.25, -0.2) is 13.9 Å². The van der Waals surface area contributed by atoms with Gasteiger partial charge in [0.15, 0.2) is 5.65 Å². The maximum absolute atomic E-state index is 12.1. The van der Waals surface area contributed by atoms with Gasteiger partial charge in [-0.1, -0.05) is 11.6 Å². The molecule has 0 amide bonds. The van der Waals surface area contributed by atoms with E-state index >= 15 is 0 Å². The molecule has 0 saturated carbocycles. The zero-order chi connectivity index (χ0) is 13.6. The second-order valence-corrected chi connectivity index (χ2v) is 4.58. The van der Waals surface area contributed by atoms with E-state index in [0.717, 1.165) is 11.3 Å². The summed E-state index contributed by atoms with van der Waals surface area (Å²) in [5, 5.41) is 8.93. The van der Waals surface area contributed by atoms with Crippen LogP contribution in [0.5, 0.6) is 0 Å². The molecule has 0 aliphatic carbocycles. The molecule has 3 rings (SSSR count). The smallest absolute Gasteiger partial charge is 0.259 e. The summed E-state index contributed by atoms with van der Waals surface area (Å²) < 4.78 is 4.37. The van der Waals surface area contributed by atoms with E-state index in [4.69, 9.17) is 11.6 Å². The van der Waals surface area contributed by atoms with E-state index < -0.39 is 0 Å². The van der Waals surface area contributed by atoms with Crippen molar-refractivity contribution in [2.24, 2.45) is 7.05 Å². The third-order valence-corrected chi connectivity index (χ3v) is 3.44. The van der Waals surface area contributed by atoms with Crippen LogP contribution in [0.4, 0.5) is 0 Å². The first-order valence-electron chi connectivity index (χ1n) is 5.65. The number of hydrogen-bond acceptors (Lipinski definition) is 4. The molecule has 0 aliphatic heterocycles. The van der Waals surface area contributed by atoms with Crippen LogP contribution in [0.25, 0.3) is 5.65 Å². The van der Waals surface area contributed by atoms with Crippen LogP contribution in [0.15, 0.2) is 23.4 Å². The van der Waals surface area contributed by atoms with E-state index in [1.165, 1.54) is 15.3 Å². The van der Waals surface area contributed by atoms with Gasteiger partial charge in [0.05, 0.1) is 18.4 Å². The first kappa shape index (κ1) is 11.9. The minimum absolute atomic E-state index is 0.225. The van der Waals surface area contributed by atoms with Gasteiger partial charge in [0.25, 0.3) is 0 Å². The molecular weight excluding hydrogens is 268 g/mol. The Morgan fingerprint density at radius 2 is 2.16 bits per heavy atom. The molecule has 0 atom stereocenters. The van der Waals surface area contributed by atoms with Crippen molar-refractivity contribution in [3.05, 3.63) is 45.5 Å². The van der Waals surface area contributed by atoms with Gasteiger partial charge >= 0.3 is 5.69 Å². The fourth-order valence-corrected chi connectivity index (χ4v) is 2.22. The summed E-state index contributed by atoms with van der Waals surface area (Å²) in [6, 6.07) is 0. The van der Waals surface area contributed by atoms with Gasteiger partial charge in [-0.15, -0.1) is 5.10 Å². The molecule has 7 nitrogen and oxygen atoms in total. The molecule has 0 saturated heterocycles. The van der Waals surface area contributed by atoms with Crippen molar-refractivity contribution in [1.82, 2.24) is 28.9 Å². The topological polar surface area (TPSA) is 70.0 Å². The summed E-state index contributed by atoms with van der Waals surface area (Å²) in [6.45, 7) is 2.14. The molecule has 8 heteroatoms. The number of hydrogen-bond donors (Lipinski definition) is 0. The highest BCUT2D eigenvalue weighted by molar-refractivity contribution is 6.30. The van der Waals surface area contributed by atoms with E-state index in [1.54, 1.807) is 24.1 Å². The monoisotopic (exact) mass is 278 g/mol. The Balaban J connectivity index is 2.11. The molecule has 0 fully saturated rings. The second kappa shape index (κ2) is 4.20. The molecule has 0 spiro atoms. The van der Waals surface area contributed by atoms with Crippen LogP contribution < -0.4 is 5.69 Å². The fourth-order valence-electron chi connectivity index (χ4n) is 1.99. The molecule has 3 heterocycles. The predicted octanol–water partition coefficient (Wildman–Crippen LogP) is 0.635. The maximum Gasteiger partial charge on any atom is 0.350 e. The molecule has 3 aromatic heterocycles. The van der Waals surface area contributed by atoms with E-state index in [2.05, 4.69) is 15.2 Å². The Morgan fingerprint density at radius 3 is 2.79 bits per heavy atom. The zero-order valence-corrected chi connectivity index (χ0v) is 11.2. The third kappa shape index (κ3) is 1.82. The minimum atomic E-state index is -0.225. The van der Waals surface area contributed by atoms with E-state index in [1.807, 2.05) is 6.92 Å². The molecule has 0 bridgehead atoms. The van der Waals surface area contributed by atoms with Gasteiger partial charge in [0.1, 0.15) is 5.15 Å². The SMILES string of the molecule is Cc1nn(C)c(Cl)c1Cn1nc2cnccn2c1=O. The van der Waals surface area contributed by atoms with Gasteiger partial charge in [0.2, 0.25) is 0 Å². The van der Waals surface area contributed by atoms with Crippen molar-refractivity contribution >= 4 is 17.2 Å². The Hall–Kier alpha value is -2.15. The quantitative estimate of drug-likeness (QED) is 0.690. The summed E-state index contributed by atoms with van der Waals surface area (Å²) >= 11 is 6.15. The predicted molar refractivity (Wildman–Crippen MR) is 69.3 cm³/mol. The number of aryl methyl sites for hydroxylation is 2. The van der Waals surface area contributed by atoms with Crippen molar-refractivity contribution in [3.8, 4) is 0 Å². The van der Waals surface area contributed by atoms with Gasteiger partial charge < -0.3 is 0 Å². The van der Waals surface area contributed by atoms with Crippen LogP contribution in [-0.4, -0.2) is 28.9 Å². The van der Waals surface area contributed by atoms with Crippen LogP contribution in [0.1, 0.15) is 11.3 Å². The average molecular weight is 279 g/mol. The van der Waals surface area contributed by atoms with Crippen LogP contribution in [0.2, 0.25) is 5.15 Å². The highest BCUT2D eigenvalue weighted by Crippen LogP contribution is 2.18. The Morgan fingerprint density at radius 1 is 1.37 bits per heavy atom. The summed E-state index contributed by atoms with van der Waals surface area (Å²) in [6.07, 6.45) is 4.66. The van der Waals surface area contributed by atoms with Gasteiger partial charge in [-0.2, -0.15) is 5.10 Å². The molecule has 0 unspecified atom stereocenters. The van der Waals surface area contributed by atoms with Crippen molar-refractivity contribution in [2.45, 2.75) is 13.5 Å². The molecule has 0 N–H and O–H groups in total. The Bertz CT molecular complexity index is 814. The number of rotatable bonds is 2. The molecule has 0 radical (unpaired) electrons.